The van der Waals surface area contributed by atoms with Crippen LogP contribution in [-0.4, -0.2) is 70.3 Å². The van der Waals surface area contributed by atoms with Crippen molar-refractivity contribution in [2.45, 2.75) is 109 Å². The van der Waals surface area contributed by atoms with E-state index in [0.717, 1.165) is 51.9 Å². The fraction of sp³-hybridized carbons (Fsp3) is 1.00. The molecular formula is C26H56O6Si. The summed E-state index contributed by atoms with van der Waals surface area (Å²) in [6.45, 7) is 4.39. The molecule has 0 saturated carbocycles. The smallest absolute Gasteiger partial charge is 0.385 e. The molecule has 0 heterocycles. The van der Waals surface area contributed by atoms with Crippen LogP contribution in [-0.2, 0) is 27.5 Å². The highest BCUT2D eigenvalue weighted by Gasteiger charge is 2.36. The monoisotopic (exact) mass is 492 g/mol. The van der Waals surface area contributed by atoms with Gasteiger partial charge in [-0.05, 0) is 32.1 Å². The third-order valence-electron chi connectivity index (χ3n) is 6.17. The van der Waals surface area contributed by atoms with Crippen LogP contribution in [0.3, 0.4) is 0 Å². The van der Waals surface area contributed by atoms with Gasteiger partial charge in [0.2, 0.25) is 0 Å². The number of ether oxygens (including phenoxy) is 3. The van der Waals surface area contributed by atoms with E-state index in [1.807, 2.05) is 0 Å². The fourth-order valence-electron chi connectivity index (χ4n) is 3.96. The van der Waals surface area contributed by atoms with Gasteiger partial charge in [-0.1, -0.05) is 70.6 Å². The molecule has 0 aromatic carbocycles. The van der Waals surface area contributed by atoms with Crippen molar-refractivity contribution in [1.82, 2.24) is 0 Å². The highest BCUT2D eigenvalue weighted by molar-refractivity contribution is 6.60. The minimum atomic E-state index is -2.35. The average molecular weight is 493 g/mol. The minimum absolute atomic E-state index is 0.798. The first-order valence-corrected chi connectivity index (χ1v) is 15.5. The first kappa shape index (κ1) is 33.0. The van der Waals surface area contributed by atoms with Crippen molar-refractivity contribution in [2.24, 2.45) is 0 Å². The van der Waals surface area contributed by atoms with Gasteiger partial charge in [0.05, 0.1) is 0 Å². The lowest BCUT2D eigenvalue weighted by atomic mass is 10.1. The summed E-state index contributed by atoms with van der Waals surface area (Å²) in [5.41, 5.74) is 0. The molecule has 200 valence electrons. The van der Waals surface area contributed by atoms with E-state index in [1.165, 1.54) is 89.9 Å². The summed E-state index contributed by atoms with van der Waals surface area (Å²) >= 11 is 0. The Morgan fingerprint density at radius 2 is 0.697 bits per heavy atom. The van der Waals surface area contributed by atoms with E-state index in [2.05, 4.69) is 0 Å². The Morgan fingerprint density at radius 1 is 0.364 bits per heavy atom. The molecule has 6 nitrogen and oxygen atoms in total. The molecule has 0 amide bonds. The van der Waals surface area contributed by atoms with Crippen molar-refractivity contribution in [3.8, 4) is 0 Å². The van der Waals surface area contributed by atoms with Crippen LogP contribution in [0.1, 0.15) is 103 Å². The standard InChI is InChI=1S/C26H56O6Si/c1-27-21-20-25-32-24-18-14-10-9-13-17-23-31-22-16-12-8-6-5-7-11-15-19-26-33(28-2,29-3)30-4/h5-26H2,1-4H3. The molecule has 0 aromatic rings. The molecule has 0 unspecified atom stereocenters. The molecule has 0 bridgehead atoms. The predicted octanol–water partition coefficient (Wildman–Crippen LogP) is 6.79. The molecule has 0 atom stereocenters. The number of hydrogen-bond acceptors (Lipinski definition) is 6. The molecule has 0 aliphatic heterocycles. The van der Waals surface area contributed by atoms with Crippen molar-refractivity contribution in [2.75, 3.05) is 61.5 Å². The van der Waals surface area contributed by atoms with Crippen molar-refractivity contribution in [3.63, 3.8) is 0 Å². The predicted molar refractivity (Wildman–Crippen MR) is 139 cm³/mol. The quantitative estimate of drug-likeness (QED) is 0.0885. The Kier molecular flexibility index (Phi) is 26.6. The average Bonchev–Trinajstić information content (AvgIpc) is 2.84. The minimum Gasteiger partial charge on any atom is -0.385 e. The Hall–Kier alpha value is -0.0231. The molecule has 0 spiro atoms. The van der Waals surface area contributed by atoms with Gasteiger partial charge in [-0.25, -0.2) is 0 Å². The molecule has 0 radical (unpaired) electrons. The van der Waals surface area contributed by atoms with E-state index in [0.29, 0.717) is 0 Å². The lowest BCUT2D eigenvalue weighted by molar-refractivity contribution is 0.0999. The third-order valence-corrected chi connectivity index (χ3v) is 9.00. The van der Waals surface area contributed by atoms with Crippen molar-refractivity contribution in [3.05, 3.63) is 0 Å². The third kappa shape index (κ3) is 22.2. The molecule has 0 aliphatic rings. The second kappa shape index (κ2) is 26.6. The summed E-state index contributed by atoms with van der Waals surface area (Å²) < 4.78 is 32.8. The van der Waals surface area contributed by atoms with E-state index in [-0.39, 0.29) is 0 Å². The zero-order valence-corrected chi connectivity index (χ0v) is 23.5. The number of unbranched alkanes of at least 4 members (excludes halogenated alkanes) is 13. The van der Waals surface area contributed by atoms with Gasteiger partial charge in [-0.3, -0.25) is 0 Å². The Balaban J connectivity index is 3.15. The van der Waals surface area contributed by atoms with Gasteiger partial charge in [0.25, 0.3) is 0 Å². The summed E-state index contributed by atoms with van der Waals surface area (Å²) in [6.07, 6.45) is 20.2. The van der Waals surface area contributed by atoms with E-state index in [1.54, 1.807) is 28.4 Å². The van der Waals surface area contributed by atoms with Gasteiger partial charge in [-0.2, -0.15) is 0 Å². The van der Waals surface area contributed by atoms with Crippen LogP contribution in [0.15, 0.2) is 0 Å². The van der Waals surface area contributed by atoms with E-state index in [9.17, 15) is 0 Å². The molecule has 0 fully saturated rings. The summed E-state index contributed by atoms with van der Waals surface area (Å²) in [4.78, 5) is 0. The first-order valence-electron chi connectivity index (χ1n) is 13.5. The van der Waals surface area contributed by atoms with Gasteiger partial charge < -0.3 is 27.5 Å². The van der Waals surface area contributed by atoms with Crippen LogP contribution in [0.5, 0.6) is 0 Å². The zero-order valence-electron chi connectivity index (χ0n) is 22.5. The second-order valence-electron chi connectivity index (χ2n) is 8.92. The maximum Gasteiger partial charge on any atom is 0.500 e. The number of hydrogen-bond donors (Lipinski definition) is 0. The zero-order chi connectivity index (χ0) is 24.3. The van der Waals surface area contributed by atoms with E-state index in [4.69, 9.17) is 27.5 Å². The van der Waals surface area contributed by atoms with Crippen LogP contribution in [0.4, 0.5) is 0 Å². The highest BCUT2D eigenvalue weighted by Crippen LogP contribution is 2.18. The Morgan fingerprint density at radius 3 is 1.06 bits per heavy atom. The fourth-order valence-corrected chi connectivity index (χ4v) is 5.76. The van der Waals surface area contributed by atoms with Gasteiger partial charge >= 0.3 is 8.80 Å². The Labute approximate surface area is 206 Å². The van der Waals surface area contributed by atoms with Gasteiger partial charge in [-0.15, -0.1) is 0 Å². The number of methoxy groups -OCH3 is 1. The summed E-state index contributed by atoms with van der Waals surface area (Å²) in [6, 6.07) is 0.919. The Bertz CT molecular complexity index is 360. The second-order valence-corrected chi connectivity index (χ2v) is 12.0. The molecule has 7 heteroatoms. The van der Waals surface area contributed by atoms with Crippen LogP contribution in [0.25, 0.3) is 0 Å². The van der Waals surface area contributed by atoms with Crippen molar-refractivity contribution in [1.29, 1.82) is 0 Å². The van der Waals surface area contributed by atoms with Gasteiger partial charge in [0.1, 0.15) is 0 Å². The van der Waals surface area contributed by atoms with Crippen molar-refractivity contribution >= 4 is 8.80 Å². The summed E-state index contributed by atoms with van der Waals surface area (Å²) in [5.74, 6) is 0. The maximum atomic E-state index is 5.80. The molecular weight excluding hydrogens is 436 g/mol. The largest absolute Gasteiger partial charge is 0.500 e. The molecule has 33 heavy (non-hydrogen) atoms. The maximum absolute atomic E-state index is 5.80. The normalized spacial score (nSPS) is 12.0. The molecule has 0 rings (SSSR count). The topological polar surface area (TPSA) is 55.4 Å². The van der Waals surface area contributed by atoms with Crippen molar-refractivity contribution < 1.29 is 27.5 Å². The van der Waals surface area contributed by atoms with E-state index >= 15 is 0 Å². The van der Waals surface area contributed by atoms with Crippen LogP contribution in [0, 0.1) is 0 Å². The van der Waals surface area contributed by atoms with Crippen LogP contribution < -0.4 is 0 Å². The van der Waals surface area contributed by atoms with Gasteiger partial charge in [0.15, 0.2) is 0 Å². The number of rotatable bonds is 28. The molecule has 0 aromatic heterocycles. The first-order chi connectivity index (χ1) is 16.2. The summed E-state index contributed by atoms with van der Waals surface area (Å²) in [5, 5.41) is 0. The lowest BCUT2D eigenvalue weighted by Gasteiger charge is -2.24. The SMILES string of the molecule is COCCCOCCCCCCCCOCCCCCCCCCCC[Si](OC)(OC)OC. The van der Waals surface area contributed by atoms with Crippen LogP contribution >= 0.6 is 0 Å². The highest BCUT2D eigenvalue weighted by atomic mass is 28.4. The van der Waals surface area contributed by atoms with E-state index < -0.39 is 8.80 Å². The van der Waals surface area contributed by atoms with Gasteiger partial charge in [0, 0.05) is 67.5 Å². The molecule has 0 saturated heterocycles. The molecule has 0 aliphatic carbocycles. The summed E-state index contributed by atoms with van der Waals surface area (Å²) in [7, 11) is 4.46. The lowest BCUT2D eigenvalue weighted by Crippen LogP contribution is -2.42. The van der Waals surface area contributed by atoms with Crippen LogP contribution in [0.2, 0.25) is 6.04 Å². The molecule has 0 N–H and O–H groups in total.